The van der Waals surface area contributed by atoms with Crippen molar-refractivity contribution in [2.75, 3.05) is 17.9 Å². The van der Waals surface area contributed by atoms with E-state index in [9.17, 15) is 26.8 Å². The molecule has 1 atom stereocenters. The molecule has 0 aliphatic heterocycles. The molecule has 0 aliphatic carbocycles. The van der Waals surface area contributed by atoms with Gasteiger partial charge < -0.3 is 10.2 Å². The second-order valence-corrected chi connectivity index (χ2v) is 10.4. The summed E-state index contributed by atoms with van der Waals surface area (Å²) in [6.07, 6.45) is 0.237. The first-order chi connectivity index (χ1) is 17.6. The van der Waals surface area contributed by atoms with E-state index in [2.05, 4.69) is 5.32 Å². The highest BCUT2D eigenvalue weighted by Gasteiger charge is 2.33. The van der Waals surface area contributed by atoms with Crippen LogP contribution in [0.4, 0.5) is 14.5 Å². The van der Waals surface area contributed by atoms with E-state index in [0.717, 1.165) is 16.4 Å². The SMILES string of the molecule is CC[C@@H](C(=O)NC)N(Cc1ccc(F)cc1)C(=O)CN(c1ccc(F)c(Cl)c1)S(=O)(=O)c1ccccc1. The van der Waals surface area contributed by atoms with Gasteiger partial charge in [-0.05, 0) is 54.4 Å². The monoisotopic (exact) mass is 549 g/mol. The lowest BCUT2D eigenvalue weighted by atomic mass is 10.1. The molecule has 0 saturated carbocycles. The van der Waals surface area contributed by atoms with Crippen molar-refractivity contribution in [2.24, 2.45) is 0 Å². The van der Waals surface area contributed by atoms with Gasteiger partial charge in [0, 0.05) is 13.6 Å². The maximum atomic E-state index is 13.9. The number of nitrogens with zero attached hydrogens (tertiary/aromatic N) is 2. The van der Waals surface area contributed by atoms with Crippen LogP contribution in [0.3, 0.4) is 0 Å². The third-order valence-electron chi connectivity index (χ3n) is 5.70. The number of rotatable bonds is 10. The number of benzene rings is 3. The lowest BCUT2D eigenvalue weighted by molar-refractivity contribution is -0.140. The number of nitrogens with one attached hydrogen (secondary N) is 1. The zero-order chi connectivity index (χ0) is 27.2. The predicted octanol–water partition coefficient (Wildman–Crippen LogP) is 4.37. The Labute approximate surface area is 219 Å². The Morgan fingerprint density at radius 2 is 1.65 bits per heavy atom. The van der Waals surface area contributed by atoms with Crippen LogP contribution in [0.1, 0.15) is 18.9 Å². The second-order valence-electron chi connectivity index (χ2n) is 8.11. The van der Waals surface area contributed by atoms with Gasteiger partial charge in [0.1, 0.15) is 24.2 Å². The number of anilines is 1. The molecule has 0 aliphatic rings. The van der Waals surface area contributed by atoms with Gasteiger partial charge in [-0.25, -0.2) is 17.2 Å². The minimum Gasteiger partial charge on any atom is -0.357 e. The van der Waals surface area contributed by atoms with Gasteiger partial charge in [-0.3, -0.25) is 13.9 Å². The number of carbonyl (C=O) groups is 2. The number of amides is 2. The maximum Gasteiger partial charge on any atom is 0.264 e. The average molecular weight is 550 g/mol. The largest absolute Gasteiger partial charge is 0.357 e. The molecule has 2 amide bonds. The van der Waals surface area contributed by atoms with Gasteiger partial charge in [0.2, 0.25) is 11.8 Å². The number of carbonyl (C=O) groups excluding carboxylic acids is 2. The summed E-state index contributed by atoms with van der Waals surface area (Å²) in [6, 6.07) is 15.2. The summed E-state index contributed by atoms with van der Waals surface area (Å²) in [5.74, 6) is -2.36. The molecule has 196 valence electrons. The topological polar surface area (TPSA) is 86.8 Å². The first-order valence-corrected chi connectivity index (χ1v) is 13.2. The number of halogens is 3. The van der Waals surface area contributed by atoms with Crippen molar-refractivity contribution in [3.05, 3.63) is 95.0 Å². The van der Waals surface area contributed by atoms with E-state index in [1.165, 1.54) is 66.5 Å². The highest BCUT2D eigenvalue weighted by atomic mass is 35.5. The van der Waals surface area contributed by atoms with Crippen molar-refractivity contribution in [3.63, 3.8) is 0 Å². The fraction of sp³-hybridized carbons (Fsp3) is 0.231. The average Bonchev–Trinajstić information content (AvgIpc) is 2.90. The van der Waals surface area contributed by atoms with Crippen LogP contribution in [0.15, 0.2) is 77.7 Å². The Bertz CT molecular complexity index is 1360. The van der Waals surface area contributed by atoms with E-state index in [0.29, 0.717) is 5.56 Å². The van der Waals surface area contributed by atoms with E-state index in [-0.39, 0.29) is 28.6 Å². The van der Waals surface area contributed by atoms with Gasteiger partial charge in [0.25, 0.3) is 10.0 Å². The van der Waals surface area contributed by atoms with Gasteiger partial charge in [-0.1, -0.05) is 48.9 Å². The van der Waals surface area contributed by atoms with Crippen LogP contribution in [0.25, 0.3) is 0 Å². The molecular weight excluding hydrogens is 524 g/mol. The summed E-state index contributed by atoms with van der Waals surface area (Å²) >= 11 is 5.93. The summed E-state index contributed by atoms with van der Waals surface area (Å²) in [7, 11) is -2.87. The number of hydrogen-bond donors (Lipinski definition) is 1. The van der Waals surface area contributed by atoms with Gasteiger partial charge >= 0.3 is 0 Å². The molecule has 0 saturated heterocycles. The van der Waals surface area contributed by atoms with Crippen molar-refractivity contribution < 1.29 is 26.8 Å². The Morgan fingerprint density at radius 1 is 1.00 bits per heavy atom. The van der Waals surface area contributed by atoms with Crippen LogP contribution in [-0.2, 0) is 26.2 Å². The highest BCUT2D eigenvalue weighted by Crippen LogP contribution is 2.28. The molecule has 3 rings (SSSR count). The fourth-order valence-corrected chi connectivity index (χ4v) is 5.36. The third kappa shape index (κ3) is 6.64. The molecule has 0 spiro atoms. The molecule has 1 N–H and O–H groups in total. The van der Waals surface area contributed by atoms with Crippen LogP contribution < -0.4 is 9.62 Å². The van der Waals surface area contributed by atoms with Gasteiger partial charge in [-0.2, -0.15) is 0 Å². The van der Waals surface area contributed by atoms with Crippen LogP contribution in [0, 0.1) is 11.6 Å². The molecule has 37 heavy (non-hydrogen) atoms. The lowest BCUT2D eigenvalue weighted by Crippen LogP contribution is -2.51. The van der Waals surface area contributed by atoms with E-state index in [1.807, 2.05) is 0 Å². The first kappa shape index (κ1) is 28.1. The van der Waals surface area contributed by atoms with Gasteiger partial charge in [0.15, 0.2) is 0 Å². The normalized spacial score (nSPS) is 12.0. The summed E-state index contributed by atoms with van der Waals surface area (Å²) in [5.41, 5.74) is 0.512. The van der Waals surface area contributed by atoms with E-state index in [4.69, 9.17) is 11.6 Å². The Kier molecular flexibility index (Phi) is 9.23. The second kappa shape index (κ2) is 12.2. The number of likely N-dealkylation sites (N-methyl/N-ethyl adjacent to an activating group) is 1. The highest BCUT2D eigenvalue weighted by molar-refractivity contribution is 7.92. The molecule has 7 nitrogen and oxygen atoms in total. The molecule has 0 radical (unpaired) electrons. The van der Waals surface area contributed by atoms with Crippen molar-refractivity contribution in [3.8, 4) is 0 Å². The minimum atomic E-state index is -4.29. The Morgan fingerprint density at radius 3 is 2.22 bits per heavy atom. The fourth-order valence-electron chi connectivity index (χ4n) is 3.76. The third-order valence-corrected chi connectivity index (χ3v) is 7.78. The summed E-state index contributed by atoms with van der Waals surface area (Å²) in [6.45, 7) is 0.936. The number of hydrogen-bond acceptors (Lipinski definition) is 4. The van der Waals surface area contributed by atoms with E-state index in [1.54, 1.807) is 13.0 Å². The molecule has 0 aromatic heterocycles. The lowest BCUT2D eigenvalue weighted by Gasteiger charge is -2.33. The quantitative estimate of drug-likeness (QED) is 0.407. The molecular formula is C26H26ClF2N3O4S. The molecule has 3 aromatic carbocycles. The molecule has 0 fully saturated rings. The van der Waals surface area contributed by atoms with E-state index < -0.39 is 46.1 Å². The van der Waals surface area contributed by atoms with Gasteiger partial charge in [-0.15, -0.1) is 0 Å². The predicted molar refractivity (Wildman–Crippen MR) is 137 cm³/mol. The Hall–Kier alpha value is -3.50. The molecule has 3 aromatic rings. The smallest absolute Gasteiger partial charge is 0.264 e. The first-order valence-electron chi connectivity index (χ1n) is 11.4. The molecule has 11 heteroatoms. The van der Waals surface area contributed by atoms with Crippen LogP contribution in [0.2, 0.25) is 5.02 Å². The zero-order valence-corrected chi connectivity index (χ0v) is 21.8. The molecule has 0 bridgehead atoms. The van der Waals surface area contributed by atoms with Crippen LogP contribution in [0.5, 0.6) is 0 Å². The van der Waals surface area contributed by atoms with Crippen molar-refractivity contribution in [1.82, 2.24) is 10.2 Å². The van der Waals surface area contributed by atoms with Crippen LogP contribution >= 0.6 is 11.6 Å². The van der Waals surface area contributed by atoms with Crippen LogP contribution in [-0.4, -0.2) is 44.8 Å². The summed E-state index contributed by atoms with van der Waals surface area (Å²) in [4.78, 5) is 27.5. The van der Waals surface area contributed by atoms with Gasteiger partial charge in [0.05, 0.1) is 15.6 Å². The maximum absolute atomic E-state index is 13.9. The Balaban J connectivity index is 2.06. The van der Waals surface area contributed by atoms with E-state index >= 15 is 0 Å². The minimum absolute atomic E-state index is 0.0293. The van der Waals surface area contributed by atoms with Crippen molar-refractivity contribution in [1.29, 1.82) is 0 Å². The number of sulfonamides is 1. The summed E-state index contributed by atoms with van der Waals surface area (Å²) in [5, 5.41) is 2.20. The molecule has 0 heterocycles. The zero-order valence-electron chi connectivity index (χ0n) is 20.2. The standard InChI is InChI=1S/C26H26ClF2N3O4S/c1-3-24(26(34)30-2)31(16-18-9-11-19(28)12-10-18)25(33)17-32(20-13-14-23(29)22(27)15-20)37(35,36)21-7-5-4-6-8-21/h4-15,24H,3,16-17H2,1-2H3,(H,30,34)/t24-/m0/s1. The van der Waals surface area contributed by atoms with Crippen molar-refractivity contribution in [2.45, 2.75) is 30.8 Å². The molecule has 0 unspecified atom stereocenters. The summed E-state index contributed by atoms with van der Waals surface area (Å²) < 4.78 is 55.4. The van der Waals surface area contributed by atoms with Crippen molar-refractivity contribution >= 4 is 39.1 Å².